The van der Waals surface area contributed by atoms with E-state index in [2.05, 4.69) is 16.8 Å². The summed E-state index contributed by atoms with van der Waals surface area (Å²) in [6.45, 7) is 3.83. The summed E-state index contributed by atoms with van der Waals surface area (Å²) < 4.78 is 26.5. The number of sulfone groups is 1. The van der Waals surface area contributed by atoms with Crippen LogP contribution < -0.4 is 0 Å². The van der Waals surface area contributed by atoms with E-state index in [-0.39, 0.29) is 6.04 Å². The van der Waals surface area contributed by atoms with Gasteiger partial charge in [-0.2, -0.15) is 0 Å². The second-order valence-electron chi connectivity index (χ2n) is 6.85. The first-order chi connectivity index (χ1) is 12.0. The van der Waals surface area contributed by atoms with Crippen LogP contribution >= 0.6 is 11.6 Å². The Kier molecular flexibility index (Phi) is 4.36. The highest BCUT2D eigenvalue weighted by Gasteiger charge is 2.35. The predicted molar refractivity (Wildman–Crippen MR) is 98.9 cm³/mol. The van der Waals surface area contributed by atoms with E-state index in [1.165, 1.54) is 0 Å². The number of piperazine rings is 1. The van der Waals surface area contributed by atoms with Crippen molar-refractivity contribution >= 4 is 21.4 Å². The van der Waals surface area contributed by atoms with E-state index in [4.69, 9.17) is 11.6 Å². The molecule has 132 valence electrons. The van der Waals surface area contributed by atoms with Gasteiger partial charge in [-0.3, -0.25) is 4.90 Å². The number of benzene rings is 2. The van der Waals surface area contributed by atoms with Crippen molar-refractivity contribution in [3.05, 3.63) is 58.6 Å². The van der Waals surface area contributed by atoms with Crippen LogP contribution in [0.3, 0.4) is 0 Å². The third kappa shape index (κ3) is 2.99. The molecule has 0 saturated carbocycles. The molecule has 2 heterocycles. The number of hydrogen-bond donors (Lipinski definition) is 0. The number of hydrogen-bond acceptors (Lipinski definition) is 4. The molecule has 25 heavy (non-hydrogen) atoms. The predicted octanol–water partition coefficient (Wildman–Crippen LogP) is 3.02. The quantitative estimate of drug-likeness (QED) is 0.767. The molecule has 1 atom stereocenters. The van der Waals surface area contributed by atoms with Gasteiger partial charge >= 0.3 is 0 Å². The summed E-state index contributed by atoms with van der Waals surface area (Å²) in [5.41, 5.74) is 1.71. The highest BCUT2D eigenvalue weighted by Crippen LogP contribution is 2.40. The van der Waals surface area contributed by atoms with Crippen LogP contribution in [-0.4, -0.2) is 51.4 Å². The van der Waals surface area contributed by atoms with Crippen molar-refractivity contribution in [1.82, 2.24) is 9.80 Å². The monoisotopic (exact) mass is 376 g/mol. The average Bonchev–Trinajstić information content (AvgIpc) is 2.69. The summed E-state index contributed by atoms with van der Waals surface area (Å²) in [5, 5.41) is 0.582. The van der Waals surface area contributed by atoms with E-state index in [1.54, 1.807) is 24.3 Å². The molecule has 4 nitrogen and oxygen atoms in total. The average molecular weight is 377 g/mol. The summed E-state index contributed by atoms with van der Waals surface area (Å²) in [7, 11) is -1.41. The van der Waals surface area contributed by atoms with Gasteiger partial charge in [0.1, 0.15) is 0 Å². The Morgan fingerprint density at radius 3 is 2.48 bits per heavy atom. The van der Waals surface area contributed by atoms with Crippen LogP contribution in [0.1, 0.15) is 17.2 Å². The van der Waals surface area contributed by atoms with Crippen molar-refractivity contribution in [3.63, 3.8) is 0 Å². The molecule has 0 bridgehead atoms. The van der Waals surface area contributed by atoms with Crippen LogP contribution in [0.5, 0.6) is 0 Å². The van der Waals surface area contributed by atoms with Gasteiger partial charge < -0.3 is 4.90 Å². The lowest BCUT2D eigenvalue weighted by Crippen LogP contribution is -2.46. The normalized spacial score (nSPS) is 23.5. The largest absolute Gasteiger partial charge is 0.304 e. The molecular weight excluding hydrogens is 356 g/mol. The molecule has 2 aromatic carbocycles. The Morgan fingerprint density at radius 2 is 1.72 bits per heavy atom. The Morgan fingerprint density at radius 1 is 1.00 bits per heavy atom. The van der Waals surface area contributed by atoms with E-state index in [0.29, 0.717) is 21.2 Å². The molecule has 0 amide bonds. The fourth-order valence-electron chi connectivity index (χ4n) is 3.86. The minimum Gasteiger partial charge on any atom is -0.304 e. The van der Waals surface area contributed by atoms with Crippen molar-refractivity contribution in [3.8, 4) is 0 Å². The summed E-state index contributed by atoms with van der Waals surface area (Å²) in [6, 6.07) is 12.6. The van der Waals surface area contributed by atoms with Crippen LogP contribution in [0.2, 0.25) is 5.02 Å². The zero-order valence-electron chi connectivity index (χ0n) is 14.2. The fraction of sp³-hybridized carbons (Fsp3) is 0.368. The summed E-state index contributed by atoms with van der Waals surface area (Å²) >= 11 is 6.24. The molecular formula is C19H21ClN2O2S. The van der Waals surface area contributed by atoms with Crippen LogP contribution in [0, 0.1) is 0 Å². The second kappa shape index (κ2) is 6.40. The third-order valence-corrected chi connectivity index (χ3v) is 7.44. The van der Waals surface area contributed by atoms with Crippen LogP contribution in [0.15, 0.2) is 52.3 Å². The summed E-state index contributed by atoms with van der Waals surface area (Å²) in [4.78, 5) is 5.52. The van der Waals surface area contributed by atoms with Gasteiger partial charge in [0, 0.05) is 37.2 Å². The molecule has 1 fully saturated rings. The van der Waals surface area contributed by atoms with Crippen LogP contribution in [0.25, 0.3) is 0 Å². The number of rotatable bonds is 1. The number of fused-ring (bicyclic) bond motifs is 2. The summed E-state index contributed by atoms with van der Waals surface area (Å²) in [5.74, 6) is 0. The summed E-state index contributed by atoms with van der Waals surface area (Å²) in [6.07, 6.45) is 0.687. The lowest BCUT2D eigenvalue weighted by molar-refractivity contribution is 0.110. The van der Waals surface area contributed by atoms with Gasteiger partial charge in [-0.25, -0.2) is 8.42 Å². The number of likely N-dealkylation sites (N-methyl/N-ethyl adjacent to an activating group) is 1. The third-order valence-electron chi connectivity index (χ3n) is 5.27. The van der Waals surface area contributed by atoms with Crippen LogP contribution in [0.4, 0.5) is 0 Å². The molecule has 0 aromatic heterocycles. The SMILES string of the molecule is CN1CCN(C2Cc3ccccc3S(=O)(=O)c3ccc(Cl)cc32)CC1. The van der Waals surface area contributed by atoms with Crippen molar-refractivity contribution < 1.29 is 8.42 Å². The lowest BCUT2D eigenvalue weighted by Gasteiger charge is -2.38. The van der Waals surface area contributed by atoms with E-state index >= 15 is 0 Å². The first-order valence-corrected chi connectivity index (χ1v) is 10.4. The maximum absolute atomic E-state index is 13.2. The second-order valence-corrected chi connectivity index (χ2v) is 9.18. The molecule has 1 saturated heterocycles. The first kappa shape index (κ1) is 17.0. The van der Waals surface area contributed by atoms with Gasteiger partial charge in [-0.05, 0) is 48.9 Å². The van der Waals surface area contributed by atoms with Gasteiger partial charge in [-0.15, -0.1) is 0 Å². The Bertz CT molecular complexity index is 905. The zero-order chi connectivity index (χ0) is 17.6. The van der Waals surface area contributed by atoms with Gasteiger partial charge in [0.2, 0.25) is 9.84 Å². The standard InChI is InChI=1S/C19H21ClN2O2S/c1-21-8-10-22(11-9-21)17-12-14-4-2-3-5-18(14)25(23,24)19-7-6-15(20)13-16(17)19/h2-7,13,17H,8-12H2,1H3. The Hall–Kier alpha value is -1.40. The Labute approximate surface area is 153 Å². The maximum Gasteiger partial charge on any atom is 0.207 e. The highest BCUT2D eigenvalue weighted by molar-refractivity contribution is 7.91. The van der Waals surface area contributed by atoms with Crippen molar-refractivity contribution in [2.24, 2.45) is 0 Å². The molecule has 0 spiro atoms. The topological polar surface area (TPSA) is 40.6 Å². The highest BCUT2D eigenvalue weighted by atomic mass is 35.5. The minimum atomic E-state index is -3.53. The van der Waals surface area contributed by atoms with Crippen molar-refractivity contribution in [2.75, 3.05) is 33.2 Å². The van der Waals surface area contributed by atoms with Crippen LogP contribution in [-0.2, 0) is 16.3 Å². The van der Waals surface area contributed by atoms with E-state index in [9.17, 15) is 8.42 Å². The fourth-order valence-corrected chi connectivity index (χ4v) is 5.78. The van der Waals surface area contributed by atoms with Crippen molar-refractivity contribution in [1.29, 1.82) is 0 Å². The van der Waals surface area contributed by atoms with Crippen molar-refractivity contribution in [2.45, 2.75) is 22.3 Å². The molecule has 6 heteroatoms. The lowest BCUT2D eigenvalue weighted by atomic mass is 9.96. The molecule has 1 unspecified atom stereocenters. The molecule has 2 aliphatic heterocycles. The molecule has 2 aliphatic rings. The van der Waals surface area contributed by atoms with E-state index in [1.807, 2.05) is 18.2 Å². The molecule has 4 rings (SSSR count). The zero-order valence-corrected chi connectivity index (χ0v) is 15.7. The van der Waals surface area contributed by atoms with Gasteiger partial charge in [0.05, 0.1) is 9.79 Å². The molecule has 0 aliphatic carbocycles. The molecule has 0 radical (unpaired) electrons. The maximum atomic E-state index is 13.2. The van der Waals surface area contributed by atoms with Gasteiger partial charge in [-0.1, -0.05) is 29.8 Å². The van der Waals surface area contributed by atoms with Gasteiger partial charge in [0.25, 0.3) is 0 Å². The van der Waals surface area contributed by atoms with Gasteiger partial charge in [0.15, 0.2) is 0 Å². The smallest absolute Gasteiger partial charge is 0.207 e. The molecule has 0 N–H and O–H groups in total. The Balaban J connectivity index is 1.89. The molecule has 2 aromatic rings. The number of nitrogens with zero attached hydrogens (tertiary/aromatic N) is 2. The minimum absolute atomic E-state index is 0.0285. The van der Waals surface area contributed by atoms with E-state index in [0.717, 1.165) is 37.3 Å². The number of halogens is 1. The first-order valence-electron chi connectivity index (χ1n) is 8.52. The van der Waals surface area contributed by atoms with E-state index < -0.39 is 9.84 Å².